The van der Waals surface area contributed by atoms with Crippen LogP contribution in [0.25, 0.3) is 0 Å². The Morgan fingerprint density at radius 3 is 1.93 bits per heavy atom. The minimum absolute atomic E-state index is 0.362. The van der Waals surface area contributed by atoms with Gasteiger partial charge < -0.3 is 0 Å². The lowest BCUT2D eigenvalue weighted by Crippen LogP contribution is -2.27. The van der Waals surface area contributed by atoms with Gasteiger partial charge in [-0.3, -0.25) is 0 Å². The van der Waals surface area contributed by atoms with Crippen LogP contribution >= 0.6 is 22.5 Å². The topological polar surface area (TPSA) is 34.1 Å². The lowest BCUT2D eigenvalue weighted by atomic mass is 10.3. The smallest absolute Gasteiger partial charge is 0.183 e. The molecule has 0 amide bonds. The predicted molar refractivity (Wildman–Crippen MR) is 68.2 cm³/mol. The third-order valence-corrected chi connectivity index (χ3v) is 5.67. The fourth-order valence-electron chi connectivity index (χ4n) is 1.03. The van der Waals surface area contributed by atoms with Gasteiger partial charge in [-0.15, -0.1) is 11.7 Å². The minimum Gasteiger partial charge on any atom is -0.223 e. The van der Waals surface area contributed by atoms with E-state index in [0.717, 1.165) is 4.90 Å². The number of sulfone groups is 1. The van der Waals surface area contributed by atoms with Crippen molar-refractivity contribution in [2.75, 3.05) is 0 Å². The molecule has 0 N–H and O–H groups in total. The zero-order chi connectivity index (χ0) is 11.7. The van der Waals surface area contributed by atoms with Gasteiger partial charge in [-0.1, -0.05) is 10.8 Å². The Kier molecular flexibility index (Phi) is 3.79. The van der Waals surface area contributed by atoms with Crippen LogP contribution in [0.2, 0.25) is 0 Å². The number of hydrogen-bond acceptors (Lipinski definition) is 4. The molecule has 0 aliphatic rings. The molecular formula is C10H14O2S3. The zero-order valence-electron chi connectivity index (χ0n) is 8.89. The Morgan fingerprint density at radius 2 is 1.60 bits per heavy atom. The molecule has 84 valence electrons. The van der Waals surface area contributed by atoms with Crippen molar-refractivity contribution in [3.63, 3.8) is 0 Å². The van der Waals surface area contributed by atoms with Crippen molar-refractivity contribution in [1.82, 2.24) is 0 Å². The average Bonchev–Trinajstić information content (AvgIpc) is 2.16. The van der Waals surface area contributed by atoms with Gasteiger partial charge in [0.25, 0.3) is 0 Å². The Hall–Kier alpha value is -0.130. The molecule has 0 spiro atoms. The molecule has 15 heavy (non-hydrogen) atoms. The predicted octanol–water partition coefficient (Wildman–Crippen LogP) is 3.20. The Bertz CT molecular complexity index is 427. The van der Waals surface area contributed by atoms with Crippen LogP contribution in [0.1, 0.15) is 20.8 Å². The molecule has 1 aromatic rings. The molecular weight excluding hydrogens is 248 g/mol. The quantitative estimate of drug-likeness (QED) is 0.656. The maximum Gasteiger partial charge on any atom is 0.183 e. The number of thiol groups is 1. The van der Waals surface area contributed by atoms with Gasteiger partial charge in [0.05, 0.1) is 9.64 Å². The van der Waals surface area contributed by atoms with E-state index in [4.69, 9.17) is 0 Å². The summed E-state index contributed by atoms with van der Waals surface area (Å²) in [5.41, 5.74) is 0. The van der Waals surface area contributed by atoms with Crippen LogP contribution < -0.4 is 0 Å². The summed E-state index contributed by atoms with van der Waals surface area (Å²) in [6.07, 6.45) is 0. The molecule has 0 fully saturated rings. The van der Waals surface area contributed by atoms with Crippen molar-refractivity contribution in [2.24, 2.45) is 0 Å². The highest BCUT2D eigenvalue weighted by atomic mass is 33.1. The van der Waals surface area contributed by atoms with Gasteiger partial charge in [-0.25, -0.2) is 8.42 Å². The van der Waals surface area contributed by atoms with Gasteiger partial charge in [-0.05, 0) is 45.0 Å². The number of hydrogen-bond donors (Lipinski definition) is 1. The monoisotopic (exact) mass is 262 g/mol. The van der Waals surface area contributed by atoms with Crippen LogP contribution in [0.4, 0.5) is 0 Å². The summed E-state index contributed by atoms with van der Waals surface area (Å²) in [6, 6.07) is 6.77. The van der Waals surface area contributed by atoms with Crippen LogP contribution in [0.5, 0.6) is 0 Å². The van der Waals surface area contributed by atoms with E-state index in [1.54, 1.807) is 45.0 Å². The Balaban J connectivity index is 3.18. The van der Waals surface area contributed by atoms with Gasteiger partial charge in [-0.2, -0.15) is 0 Å². The second kappa shape index (κ2) is 4.39. The first-order valence-corrected chi connectivity index (χ1v) is 7.80. The van der Waals surface area contributed by atoms with Crippen molar-refractivity contribution >= 4 is 32.3 Å². The molecule has 0 aliphatic heterocycles. The molecule has 0 aromatic heterocycles. The molecule has 0 aliphatic carbocycles. The SMILES string of the molecule is CC(C)(C)S(=O)(=O)c1ccc(SS)cc1. The highest BCUT2D eigenvalue weighted by Crippen LogP contribution is 2.27. The molecule has 0 atom stereocenters. The van der Waals surface area contributed by atoms with Crippen molar-refractivity contribution < 1.29 is 8.42 Å². The summed E-state index contributed by atoms with van der Waals surface area (Å²) in [7, 11) is -1.94. The second-order valence-electron chi connectivity index (χ2n) is 4.18. The highest BCUT2D eigenvalue weighted by Gasteiger charge is 2.30. The first-order valence-electron chi connectivity index (χ1n) is 4.45. The summed E-state index contributed by atoms with van der Waals surface area (Å²) in [5.74, 6) is 0. The van der Waals surface area contributed by atoms with E-state index in [9.17, 15) is 8.42 Å². The molecule has 0 heterocycles. The molecule has 2 nitrogen and oxygen atoms in total. The summed E-state index contributed by atoms with van der Waals surface area (Å²) in [4.78, 5) is 1.30. The molecule has 0 saturated carbocycles. The van der Waals surface area contributed by atoms with Crippen LogP contribution in [0.3, 0.4) is 0 Å². The molecule has 5 heteroatoms. The van der Waals surface area contributed by atoms with Crippen molar-refractivity contribution in [3.05, 3.63) is 24.3 Å². The number of benzene rings is 1. The summed E-state index contributed by atoms with van der Waals surface area (Å²) in [6.45, 7) is 5.09. The second-order valence-corrected chi connectivity index (χ2v) is 8.08. The van der Waals surface area contributed by atoms with Crippen LogP contribution in [0, 0.1) is 0 Å². The summed E-state index contributed by atoms with van der Waals surface area (Å²) < 4.78 is 23.3. The van der Waals surface area contributed by atoms with E-state index in [1.807, 2.05) is 0 Å². The molecule has 0 bridgehead atoms. The van der Waals surface area contributed by atoms with E-state index < -0.39 is 14.6 Å². The molecule has 0 unspecified atom stereocenters. The maximum absolute atomic E-state index is 12.0. The van der Waals surface area contributed by atoms with E-state index in [2.05, 4.69) is 11.7 Å². The third-order valence-electron chi connectivity index (χ3n) is 2.05. The van der Waals surface area contributed by atoms with Crippen LogP contribution in [0.15, 0.2) is 34.1 Å². The van der Waals surface area contributed by atoms with Crippen LogP contribution in [-0.4, -0.2) is 13.2 Å². The highest BCUT2D eigenvalue weighted by molar-refractivity contribution is 8.68. The van der Waals surface area contributed by atoms with Crippen LogP contribution in [-0.2, 0) is 9.84 Å². The maximum atomic E-state index is 12.0. The van der Waals surface area contributed by atoms with E-state index in [1.165, 1.54) is 10.8 Å². The Morgan fingerprint density at radius 1 is 1.13 bits per heavy atom. The zero-order valence-corrected chi connectivity index (χ0v) is 11.4. The molecule has 0 saturated heterocycles. The fraction of sp³-hybridized carbons (Fsp3) is 0.400. The van der Waals surface area contributed by atoms with Gasteiger partial charge in [0.15, 0.2) is 9.84 Å². The minimum atomic E-state index is -3.24. The van der Waals surface area contributed by atoms with Crippen molar-refractivity contribution in [1.29, 1.82) is 0 Å². The van der Waals surface area contributed by atoms with Crippen molar-refractivity contribution in [3.8, 4) is 0 Å². The lowest BCUT2D eigenvalue weighted by molar-refractivity contribution is 0.560. The Labute approximate surface area is 100 Å². The average molecular weight is 262 g/mol. The largest absolute Gasteiger partial charge is 0.223 e. The first-order chi connectivity index (χ1) is 6.79. The van der Waals surface area contributed by atoms with Gasteiger partial charge in [0.2, 0.25) is 0 Å². The van der Waals surface area contributed by atoms with Gasteiger partial charge >= 0.3 is 0 Å². The van der Waals surface area contributed by atoms with Crippen molar-refractivity contribution in [2.45, 2.75) is 35.3 Å². The van der Waals surface area contributed by atoms with E-state index in [-0.39, 0.29) is 0 Å². The molecule has 1 rings (SSSR count). The fourth-order valence-corrected chi connectivity index (χ4v) is 2.86. The normalized spacial score (nSPS) is 12.8. The lowest BCUT2D eigenvalue weighted by Gasteiger charge is -2.19. The summed E-state index contributed by atoms with van der Waals surface area (Å²) in [5, 5.41) is 0. The number of rotatable bonds is 2. The third kappa shape index (κ3) is 2.71. The standard InChI is InChI=1S/C10H14O2S3/c1-10(2,3)15(11,12)9-6-4-8(14-13)5-7-9/h4-7,13H,1-3H3. The molecule has 0 radical (unpaired) electrons. The van der Waals surface area contributed by atoms with Gasteiger partial charge in [0, 0.05) is 4.90 Å². The van der Waals surface area contributed by atoms with Gasteiger partial charge in [0.1, 0.15) is 0 Å². The van der Waals surface area contributed by atoms with E-state index in [0.29, 0.717) is 4.90 Å². The first kappa shape index (κ1) is 12.9. The van der Waals surface area contributed by atoms with E-state index >= 15 is 0 Å². The summed E-state index contributed by atoms with van der Waals surface area (Å²) >= 11 is 4.04. The molecule has 1 aromatic carbocycles.